The van der Waals surface area contributed by atoms with Gasteiger partial charge in [0.05, 0.1) is 4.90 Å². The van der Waals surface area contributed by atoms with Crippen LogP contribution in [0.5, 0.6) is 0 Å². The summed E-state index contributed by atoms with van der Waals surface area (Å²) in [5.41, 5.74) is 0.399. The van der Waals surface area contributed by atoms with Crippen molar-refractivity contribution in [3.05, 3.63) is 24.3 Å². The van der Waals surface area contributed by atoms with Crippen LogP contribution in [0.15, 0.2) is 29.2 Å². The number of sulfonamides is 1. The summed E-state index contributed by atoms with van der Waals surface area (Å²) >= 11 is 0. The van der Waals surface area contributed by atoms with E-state index in [1.54, 1.807) is 12.1 Å². The Morgan fingerprint density at radius 1 is 1.41 bits per heavy atom. The summed E-state index contributed by atoms with van der Waals surface area (Å²) in [4.78, 5) is 0.0734. The van der Waals surface area contributed by atoms with Gasteiger partial charge in [-0.25, -0.2) is 13.6 Å². The number of nitrogens with one attached hydrogen (secondary N) is 1. The summed E-state index contributed by atoms with van der Waals surface area (Å²) < 4.78 is 22.3. The fourth-order valence-corrected chi connectivity index (χ4v) is 1.74. The number of primary sulfonamides is 1. The van der Waals surface area contributed by atoms with Gasteiger partial charge in [-0.1, -0.05) is 19.9 Å². The molecule has 5 nitrogen and oxygen atoms in total. The normalized spacial score (nSPS) is 12.5. The van der Waals surface area contributed by atoms with Crippen LogP contribution < -0.4 is 10.5 Å². The molecule has 0 fully saturated rings. The lowest BCUT2D eigenvalue weighted by Gasteiger charge is -2.22. The third-order valence-corrected chi connectivity index (χ3v) is 3.27. The van der Waals surface area contributed by atoms with Crippen molar-refractivity contribution in [2.24, 2.45) is 10.6 Å². The fourth-order valence-electron chi connectivity index (χ4n) is 1.18. The number of anilines is 1. The van der Waals surface area contributed by atoms with E-state index in [-0.39, 0.29) is 16.9 Å². The summed E-state index contributed by atoms with van der Waals surface area (Å²) in [7, 11) is -3.67. The molecular formula is C11H18N2O3S. The van der Waals surface area contributed by atoms with Gasteiger partial charge >= 0.3 is 0 Å². The Morgan fingerprint density at radius 2 is 2.06 bits per heavy atom. The number of aliphatic hydroxyl groups is 1. The van der Waals surface area contributed by atoms with E-state index in [1.807, 2.05) is 13.8 Å². The van der Waals surface area contributed by atoms with Gasteiger partial charge in [0.1, 0.15) is 0 Å². The SMILES string of the molecule is CC(C)(CO)CNc1cccc(S(N)(=O)=O)c1. The number of aliphatic hydroxyl groups excluding tert-OH is 1. The second-order valence-electron chi connectivity index (χ2n) is 4.75. The molecule has 4 N–H and O–H groups in total. The van der Waals surface area contributed by atoms with E-state index in [2.05, 4.69) is 5.32 Å². The Labute approximate surface area is 102 Å². The van der Waals surface area contributed by atoms with Gasteiger partial charge in [-0.15, -0.1) is 0 Å². The molecule has 17 heavy (non-hydrogen) atoms. The van der Waals surface area contributed by atoms with Crippen molar-refractivity contribution >= 4 is 15.7 Å². The smallest absolute Gasteiger partial charge is 0.238 e. The second-order valence-corrected chi connectivity index (χ2v) is 6.31. The van der Waals surface area contributed by atoms with E-state index in [9.17, 15) is 8.42 Å². The Hall–Kier alpha value is -1.11. The van der Waals surface area contributed by atoms with Gasteiger partial charge in [-0.05, 0) is 18.2 Å². The fraction of sp³-hybridized carbons (Fsp3) is 0.455. The highest BCUT2D eigenvalue weighted by molar-refractivity contribution is 7.89. The van der Waals surface area contributed by atoms with Crippen LogP contribution in [0.1, 0.15) is 13.8 Å². The third kappa shape index (κ3) is 4.33. The first-order chi connectivity index (χ1) is 7.74. The van der Waals surface area contributed by atoms with E-state index < -0.39 is 10.0 Å². The molecule has 0 heterocycles. The monoisotopic (exact) mass is 258 g/mol. The molecule has 0 aliphatic rings. The van der Waals surface area contributed by atoms with E-state index in [0.29, 0.717) is 12.2 Å². The first-order valence-corrected chi connectivity index (χ1v) is 6.77. The van der Waals surface area contributed by atoms with Crippen molar-refractivity contribution < 1.29 is 13.5 Å². The summed E-state index contributed by atoms with van der Waals surface area (Å²) in [5, 5.41) is 17.2. The minimum Gasteiger partial charge on any atom is -0.396 e. The minimum absolute atomic E-state index is 0.0505. The van der Waals surface area contributed by atoms with Gasteiger partial charge in [-0.2, -0.15) is 0 Å². The van der Waals surface area contributed by atoms with Crippen LogP contribution in [-0.4, -0.2) is 26.7 Å². The maximum atomic E-state index is 11.2. The quantitative estimate of drug-likeness (QED) is 0.727. The first-order valence-electron chi connectivity index (χ1n) is 5.22. The lowest BCUT2D eigenvalue weighted by Crippen LogP contribution is -2.26. The average molecular weight is 258 g/mol. The molecule has 0 radical (unpaired) electrons. The average Bonchev–Trinajstić information content (AvgIpc) is 2.26. The predicted octanol–water partition coefficient (Wildman–Crippen LogP) is 0.764. The van der Waals surface area contributed by atoms with Crippen LogP contribution >= 0.6 is 0 Å². The highest BCUT2D eigenvalue weighted by atomic mass is 32.2. The third-order valence-electron chi connectivity index (χ3n) is 2.36. The first kappa shape index (κ1) is 14.0. The van der Waals surface area contributed by atoms with Crippen LogP contribution in [0, 0.1) is 5.41 Å². The molecule has 0 spiro atoms. The summed E-state index contributed by atoms with van der Waals surface area (Å²) in [6, 6.07) is 6.29. The van der Waals surface area contributed by atoms with Gasteiger partial charge in [0, 0.05) is 24.3 Å². The Bertz CT molecular complexity index is 483. The molecule has 0 aromatic heterocycles. The van der Waals surface area contributed by atoms with Crippen molar-refractivity contribution in [1.82, 2.24) is 0 Å². The van der Waals surface area contributed by atoms with Crippen molar-refractivity contribution in [1.29, 1.82) is 0 Å². The second kappa shape index (κ2) is 5.03. The van der Waals surface area contributed by atoms with E-state index in [0.717, 1.165) is 0 Å². The Kier molecular flexibility index (Phi) is 4.13. The zero-order chi connectivity index (χ0) is 13.1. The largest absolute Gasteiger partial charge is 0.396 e. The lowest BCUT2D eigenvalue weighted by molar-refractivity contribution is 0.171. The molecule has 0 aliphatic carbocycles. The van der Waals surface area contributed by atoms with Gasteiger partial charge in [0.15, 0.2) is 0 Å². The molecule has 0 saturated carbocycles. The van der Waals surface area contributed by atoms with Gasteiger partial charge in [0.2, 0.25) is 10.0 Å². The molecule has 0 saturated heterocycles. The van der Waals surface area contributed by atoms with Crippen molar-refractivity contribution in [3.8, 4) is 0 Å². The van der Waals surface area contributed by atoms with Crippen LogP contribution in [0.2, 0.25) is 0 Å². The van der Waals surface area contributed by atoms with Crippen LogP contribution in [0.4, 0.5) is 5.69 Å². The molecule has 96 valence electrons. The molecule has 0 aliphatic heterocycles. The maximum absolute atomic E-state index is 11.2. The van der Waals surface area contributed by atoms with E-state index in [1.165, 1.54) is 12.1 Å². The topological polar surface area (TPSA) is 92.4 Å². The van der Waals surface area contributed by atoms with Crippen molar-refractivity contribution in [2.75, 3.05) is 18.5 Å². The van der Waals surface area contributed by atoms with Gasteiger partial charge < -0.3 is 10.4 Å². The Morgan fingerprint density at radius 3 is 2.59 bits per heavy atom. The Balaban J connectivity index is 2.81. The molecule has 0 unspecified atom stereocenters. The van der Waals surface area contributed by atoms with Gasteiger partial charge in [-0.3, -0.25) is 0 Å². The van der Waals surface area contributed by atoms with Crippen molar-refractivity contribution in [2.45, 2.75) is 18.7 Å². The highest BCUT2D eigenvalue weighted by Crippen LogP contribution is 2.18. The van der Waals surface area contributed by atoms with Crippen LogP contribution in [0.25, 0.3) is 0 Å². The molecule has 0 bridgehead atoms. The predicted molar refractivity (Wildman–Crippen MR) is 67.2 cm³/mol. The van der Waals surface area contributed by atoms with Crippen molar-refractivity contribution in [3.63, 3.8) is 0 Å². The molecular weight excluding hydrogens is 240 g/mol. The van der Waals surface area contributed by atoms with Gasteiger partial charge in [0.25, 0.3) is 0 Å². The molecule has 1 rings (SSSR count). The summed E-state index contributed by atoms with van der Waals surface area (Å²) in [6.45, 7) is 4.40. The number of rotatable bonds is 5. The minimum atomic E-state index is -3.67. The lowest BCUT2D eigenvalue weighted by atomic mass is 9.95. The molecule has 0 amide bonds. The standard InChI is InChI=1S/C11H18N2O3S/c1-11(2,8-14)7-13-9-4-3-5-10(6-9)17(12,15)16/h3-6,13-14H,7-8H2,1-2H3,(H2,12,15,16). The molecule has 6 heteroatoms. The molecule has 1 aromatic carbocycles. The zero-order valence-corrected chi connectivity index (χ0v) is 10.8. The van der Waals surface area contributed by atoms with Crippen LogP contribution in [0.3, 0.4) is 0 Å². The van der Waals surface area contributed by atoms with Crippen LogP contribution in [-0.2, 0) is 10.0 Å². The summed E-state index contributed by atoms with van der Waals surface area (Å²) in [6.07, 6.45) is 0. The number of benzene rings is 1. The number of nitrogens with two attached hydrogens (primary N) is 1. The zero-order valence-electron chi connectivity index (χ0n) is 9.97. The summed E-state index contributed by atoms with van der Waals surface area (Å²) in [5.74, 6) is 0. The number of hydrogen-bond donors (Lipinski definition) is 3. The van der Waals surface area contributed by atoms with E-state index in [4.69, 9.17) is 10.2 Å². The maximum Gasteiger partial charge on any atom is 0.238 e. The molecule has 0 atom stereocenters. The number of hydrogen-bond acceptors (Lipinski definition) is 4. The highest BCUT2D eigenvalue weighted by Gasteiger charge is 2.16. The molecule has 1 aromatic rings. The van der Waals surface area contributed by atoms with E-state index >= 15 is 0 Å².